The predicted octanol–water partition coefficient (Wildman–Crippen LogP) is 0.655. The van der Waals surface area contributed by atoms with Gasteiger partial charge in [0.25, 0.3) is 0 Å². The summed E-state index contributed by atoms with van der Waals surface area (Å²) in [6, 6.07) is -0.189. The summed E-state index contributed by atoms with van der Waals surface area (Å²) in [7, 11) is 1.60. The molecule has 0 saturated carbocycles. The highest BCUT2D eigenvalue weighted by Gasteiger charge is 2.41. The van der Waals surface area contributed by atoms with Crippen LogP contribution in [-0.4, -0.2) is 54.6 Å². The maximum absolute atomic E-state index is 12.0. The molecule has 120 valence electrons. The third kappa shape index (κ3) is 4.61. The first kappa shape index (κ1) is 17.3. The van der Waals surface area contributed by atoms with Gasteiger partial charge < -0.3 is 20.6 Å². The van der Waals surface area contributed by atoms with E-state index in [1.54, 1.807) is 18.9 Å². The Kier molecular flexibility index (Phi) is 5.99. The van der Waals surface area contributed by atoms with Crippen LogP contribution in [0.2, 0.25) is 0 Å². The lowest BCUT2D eigenvalue weighted by molar-refractivity contribution is -0.141. The van der Waals surface area contributed by atoms with E-state index in [9.17, 15) is 14.4 Å². The van der Waals surface area contributed by atoms with Gasteiger partial charge in [0.15, 0.2) is 0 Å². The molecule has 2 atom stereocenters. The van der Waals surface area contributed by atoms with Crippen molar-refractivity contribution in [1.82, 2.24) is 15.5 Å². The fraction of sp³-hybridized carbons (Fsp3) is 0.786. The summed E-state index contributed by atoms with van der Waals surface area (Å²) in [6.07, 6.45) is 1.81. The summed E-state index contributed by atoms with van der Waals surface area (Å²) >= 11 is 0. The number of aliphatic carboxylic acids is 1. The molecule has 0 radical (unpaired) electrons. The topological polar surface area (TPSA) is 98.7 Å². The van der Waals surface area contributed by atoms with E-state index in [2.05, 4.69) is 10.6 Å². The number of hydrogen-bond acceptors (Lipinski definition) is 3. The summed E-state index contributed by atoms with van der Waals surface area (Å²) in [6.45, 7) is 4.92. The Bertz CT molecular complexity index is 413. The van der Waals surface area contributed by atoms with Crippen molar-refractivity contribution in [1.29, 1.82) is 0 Å². The first-order chi connectivity index (χ1) is 9.80. The molecule has 21 heavy (non-hydrogen) atoms. The standard InChI is InChI=1S/C14H25N3O4/c1-10(11(18)19)5-4-7-16-13(21)17-8-6-14(2,9-17)12(20)15-3/h10H,4-9H2,1-3H3,(H,15,20)(H,16,21)(H,18,19). The molecular weight excluding hydrogens is 274 g/mol. The van der Waals surface area contributed by atoms with Crippen molar-refractivity contribution in [3.05, 3.63) is 0 Å². The molecule has 1 aliphatic rings. The minimum atomic E-state index is -0.817. The van der Waals surface area contributed by atoms with E-state index in [4.69, 9.17) is 5.11 Å². The van der Waals surface area contributed by atoms with E-state index in [1.165, 1.54) is 0 Å². The molecule has 0 aromatic carbocycles. The maximum atomic E-state index is 12.0. The van der Waals surface area contributed by atoms with Gasteiger partial charge in [-0.3, -0.25) is 9.59 Å². The zero-order valence-electron chi connectivity index (χ0n) is 12.9. The van der Waals surface area contributed by atoms with Gasteiger partial charge in [-0.1, -0.05) is 6.92 Å². The third-order valence-corrected chi connectivity index (χ3v) is 4.05. The van der Waals surface area contributed by atoms with Crippen LogP contribution in [0.25, 0.3) is 0 Å². The second-order valence-corrected chi connectivity index (χ2v) is 5.92. The Hall–Kier alpha value is -1.79. The Morgan fingerprint density at radius 2 is 2.05 bits per heavy atom. The van der Waals surface area contributed by atoms with E-state index in [1.807, 2.05) is 6.92 Å². The molecule has 0 aliphatic carbocycles. The lowest BCUT2D eigenvalue weighted by Gasteiger charge is -2.23. The number of rotatable bonds is 6. The highest BCUT2D eigenvalue weighted by Crippen LogP contribution is 2.29. The van der Waals surface area contributed by atoms with Gasteiger partial charge in [-0.25, -0.2) is 4.79 Å². The second kappa shape index (κ2) is 7.28. The molecule has 2 unspecified atom stereocenters. The molecule has 1 heterocycles. The maximum Gasteiger partial charge on any atom is 0.317 e. The average Bonchev–Trinajstić information content (AvgIpc) is 2.85. The molecule has 7 nitrogen and oxygen atoms in total. The smallest absolute Gasteiger partial charge is 0.317 e. The molecule has 0 aromatic rings. The van der Waals surface area contributed by atoms with Crippen molar-refractivity contribution < 1.29 is 19.5 Å². The fourth-order valence-corrected chi connectivity index (χ4v) is 2.46. The first-order valence-corrected chi connectivity index (χ1v) is 7.28. The molecule has 0 aromatic heterocycles. The Labute approximate surface area is 125 Å². The van der Waals surface area contributed by atoms with Crippen LogP contribution in [0, 0.1) is 11.3 Å². The van der Waals surface area contributed by atoms with E-state index in [0.29, 0.717) is 38.9 Å². The summed E-state index contributed by atoms with van der Waals surface area (Å²) in [5.74, 6) is -1.26. The number of hydrogen-bond donors (Lipinski definition) is 3. The molecule has 0 bridgehead atoms. The van der Waals surface area contributed by atoms with Crippen LogP contribution in [0.15, 0.2) is 0 Å². The van der Waals surface area contributed by atoms with Crippen LogP contribution in [-0.2, 0) is 9.59 Å². The lowest BCUT2D eigenvalue weighted by atomic mass is 9.89. The molecule has 1 rings (SSSR count). The number of urea groups is 1. The largest absolute Gasteiger partial charge is 0.481 e. The fourth-order valence-electron chi connectivity index (χ4n) is 2.46. The van der Waals surface area contributed by atoms with Crippen molar-refractivity contribution >= 4 is 17.9 Å². The highest BCUT2D eigenvalue weighted by molar-refractivity contribution is 5.84. The zero-order chi connectivity index (χ0) is 16.0. The van der Waals surface area contributed by atoms with Crippen molar-refractivity contribution in [2.75, 3.05) is 26.7 Å². The summed E-state index contributed by atoms with van der Waals surface area (Å²) < 4.78 is 0. The van der Waals surface area contributed by atoms with Gasteiger partial charge in [-0.15, -0.1) is 0 Å². The van der Waals surface area contributed by atoms with Crippen molar-refractivity contribution in [2.45, 2.75) is 33.1 Å². The number of carboxylic acids is 1. The normalized spacial score (nSPS) is 22.7. The van der Waals surface area contributed by atoms with E-state index in [0.717, 1.165) is 0 Å². The lowest BCUT2D eigenvalue weighted by Crippen LogP contribution is -2.43. The van der Waals surface area contributed by atoms with E-state index >= 15 is 0 Å². The molecule has 0 spiro atoms. The van der Waals surface area contributed by atoms with Gasteiger partial charge >= 0.3 is 12.0 Å². The Morgan fingerprint density at radius 1 is 1.38 bits per heavy atom. The van der Waals surface area contributed by atoms with Gasteiger partial charge in [0.05, 0.1) is 11.3 Å². The summed E-state index contributed by atoms with van der Waals surface area (Å²) in [5, 5.41) is 14.2. The van der Waals surface area contributed by atoms with E-state index in [-0.39, 0.29) is 11.9 Å². The third-order valence-electron chi connectivity index (χ3n) is 4.05. The van der Waals surface area contributed by atoms with Crippen molar-refractivity contribution in [3.63, 3.8) is 0 Å². The number of nitrogens with zero attached hydrogens (tertiary/aromatic N) is 1. The van der Waals surface area contributed by atoms with Crippen LogP contribution >= 0.6 is 0 Å². The van der Waals surface area contributed by atoms with Crippen LogP contribution in [0.4, 0.5) is 4.79 Å². The quantitative estimate of drug-likeness (QED) is 0.627. The van der Waals surface area contributed by atoms with Crippen molar-refractivity contribution in [3.8, 4) is 0 Å². The number of likely N-dealkylation sites (tertiary alicyclic amines) is 1. The van der Waals surface area contributed by atoms with Gasteiger partial charge in [0.1, 0.15) is 0 Å². The van der Waals surface area contributed by atoms with Crippen LogP contribution in [0.5, 0.6) is 0 Å². The van der Waals surface area contributed by atoms with Crippen molar-refractivity contribution in [2.24, 2.45) is 11.3 Å². The SMILES string of the molecule is CNC(=O)C1(C)CCN(C(=O)NCCCC(C)C(=O)O)C1. The summed E-state index contributed by atoms with van der Waals surface area (Å²) in [4.78, 5) is 36.1. The first-order valence-electron chi connectivity index (χ1n) is 7.28. The molecule has 7 heteroatoms. The minimum Gasteiger partial charge on any atom is -0.481 e. The summed E-state index contributed by atoms with van der Waals surface area (Å²) in [5.41, 5.74) is -0.524. The Balaban J connectivity index is 2.31. The molecular formula is C14H25N3O4. The second-order valence-electron chi connectivity index (χ2n) is 5.92. The average molecular weight is 299 g/mol. The van der Waals surface area contributed by atoms with Crippen LogP contribution in [0.3, 0.4) is 0 Å². The predicted molar refractivity (Wildman–Crippen MR) is 77.8 cm³/mol. The highest BCUT2D eigenvalue weighted by atomic mass is 16.4. The number of amides is 3. The molecule has 1 saturated heterocycles. The zero-order valence-corrected chi connectivity index (χ0v) is 12.9. The minimum absolute atomic E-state index is 0.0481. The monoisotopic (exact) mass is 299 g/mol. The molecule has 3 amide bonds. The molecule has 1 fully saturated rings. The number of carboxylic acid groups (broad SMARTS) is 1. The van der Waals surface area contributed by atoms with E-state index < -0.39 is 17.3 Å². The Morgan fingerprint density at radius 3 is 2.62 bits per heavy atom. The number of carbonyl (C=O) groups is 3. The van der Waals surface area contributed by atoms with Gasteiger partial charge in [-0.2, -0.15) is 0 Å². The van der Waals surface area contributed by atoms with Gasteiger partial charge in [0, 0.05) is 26.7 Å². The molecule has 1 aliphatic heterocycles. The number of carbonyl (C=O) groups excluding carboxylic acids is 2. The van der Waals surface area contributed by atoms with Crippen LogP contribution in [0.1, 0.15) is 33.1 Å². The van der Waals surface area contributed by atoms with Gasteiger partial charge in [0.2, 0.25) is 5.91 Å². The van der Waals surface area contributed by atoms with Gasteiger partial charge in [-0.05, 0) is 26.2 Å². The molecule has 3 N–H and O–H groups in total. The van der Waals surface area contributed by atoms with Crippen LogP contribution < -0.4 is 10.6 Å². The number of nitrogens with one attached hydrogen (secondary N) is 2.